The minimum Gasteiger partial charge on any atom is -0.394 e. The van der Waals surface area contributed by atoms with Crippen molar-refractivity contribution in [1.29, 1.82) is 0 Å². The summed E-state index contributed by atoms with van der Waals surface area (Å²) >= 11 is 0. The number of ether oxygens (including phenoxy) is 3. The molecule has 0 rings (SSSR count). The molecule has 0 saturated heterocycles. The number of aliphatic hydroxyl groups is 2. The van der Waals surface area contributed by atoms with Crippen molar-refractivity contribution in [2.75, 3.05) is 33.0 Å². The Labute approximate surface area is 117 Å². The summed E-state index contributed by atoms with van der Waals surface area (Å²) in [4.78, 5) is 0. The van der Waals surface area contributed by atoms with Gasteiger partial charge in [0.05, 0.1) is 38.1 Å². The van der Waals surface area contributed by atoms with Gasteiger partial charge in [-0.05, 0) is 34.1 Å². The highest BCUT2D eigenvalue weighted by molar-refractivity contribution is 4.52. The van der Waals surface area contributed by atoms with Gasteiger partial charge in [-0.15, -0.1) is 0 Å². The molecule has 0 aromatic carbocycles. The highest BCUT2D eigenvalue weighted by Crippen LogP contribution is 1.97. The predicted molar refractivity (Wildman–Crippen MR) is 76.4 cm³/mol. The van der Waals surface area contributed by atoms with Crippen LogP contribution in [0, 0.1) is 0 Å². The van der Waals surface area contributed by atoms with E-state index in [9.17, 15) is 0 Å². The molecule has 0 aromatic rings. The van der Waals surface area contributed by atoms with E-state index in [0.717, 1.165) is 19.6 Å². The van der Waals surface area contributed by atoms with Gasteiger partial charge in [0.2, 0.25) is 0 Å². The first-order chi connectivity index (χ1) is 8.97. The molecule has 0 spiro atoms. The molecule has 0 heterocycles. The maximum absolute atomic E-state index is 8.92. The minimum absolute atomic E-state index is 0.0170. The smallest absolute Gasteiger partial charge is 0.0781 e. The molecule has 0 saturated carbocycles. The Hall–Kier alpha value is -0.200. The van der Waals surface area contributed by atoms with Gasteiger partial charge in [0.15, 0.2) is 0 Å². The molecule has 0 aromatic heterocycles. The van der Waals surface area contributed by atoms with Crippen LogP contribution in [0.5, 0.6) is 0 Å². The zero-order chi connectivity index (χ0) is 15.1. The molecule has 2 N–H and O–H groups in total. The fraction of sp³-hybridized carbons (Fsp3) is 1.00. The molecule has 0 bridgehead atoms. The van der Waals surface area contributed by atoms with E-state index in [0.29, 0.717) is 13.2 Å². The summed E-state index contributed by atoms with van der Waals surface area (Å²) in [5.41, 5.74) is 0. The third-order valence-corrected chi connectivity index (χ3v) is 2.05. The fourth-order valence-corrected chi connectivity index (χ4v) is 0.993. The molecule has 0 fully saturated rings. The van der Waals surface area contributed by atoms with Crippen molar-refractivity contribution in [3.63, 3.8) is 0 Å². The first-order valence-corrected chi connectivity index (χ1v) is 7.07. The maximum atomic E-state index is 8.92. The van der Waals surface area contributed by atoms with E-state index in [4.69, 9.17) is 24.4 Å². The number of aliphatic hydroxyl groups excluding tert-OH is 2. The van der Waals surface area contributed by atoms with Crippen molar-refractivity contribution in [3.8, 4) is 0 Å². The normalized spacial score (nSPS) is 15.3. The summed E-state index contributed by atoms with van der Waals surface area (Å²) in [6, 6.07) is 0. The summed E-state index contributed by atoms with van der Waals surface area (Å²) in [6.45, 7) is 12.0. The Morgan fingerprint density at radius 3 is 1.89 bits per heavy atom. The van der Waals surface area contributed by atoms with Crippen LogP contribution < -0.4 is 0 Å². The number of hydrogen-bond donors (Lipinski definition) is 2. The number of hydrogen-bond acceptors (Lipinski definition) is 5. The quantitative estimate of drug-likeness (QED) is 0.595. The molecule has 0 aliphatic rings. The largest absolute Gasteiger partial charge is 0.394 e. The van der Waals surface area contributed by atoms with Crippen LogP contribution in [0.3, 0.4) is 0 Å². The third kappa shape index (κ3) is 20.3. The van der Waals surface area contributed by atoms with Crippen molar-refractivity contribution in [3.05, 3.63) is 0 Å². The van der Waals surface area contributed by atoms with E-state index < -0.39 is 6.10 Å². The highest BCUT2D eigenvalue weighted by Gasteiger charge is 2.06. The first kappa shape index (κ1) is 21.1. The van der Waals surface area contributed by atoms with Gasteiger partial charge in [-0.25, -0.2) is 0 Å². The SMILES string of the molecule is CC(O)COC(C)COC(C)CO.CCCOCC. The Bertz CT molecular complexity index is 160. The second-order valence-electron chi connectivity index (χ2n) is 4.52. The second kappa shape index (κ2) is 15.9. The summed E-state index contributed by atoms with van der Waals surface area (Å²) < 4.78 is 15.5. The van der Waals surface area contributed by atoms with Gasteiger partial charge >= 0.3 is 0 Å². The van der Waals surface area contributed by atoms with E-state index >= 15 is 0 Å². The lowest BCUT2D eigenvalue weighted by Crippen LogP contribution is -2.24. The van der Waals surface area contributed by atoms with Crippen molar-refractivity contribution in [1.82, 2.24) is 0 Å². The van der Waals surface area contributed by atoms with Gasteiger partial charge in [0, 0.05) is 13.2 Å². The molecule has 5 nitrogen and oxygen atoms in total. The molecule has 118 valence electrons. The fourth-order valence-electron chi connectivity index (χ4n) is 0.993. The molecule has 0 radical (unpaired) electrons. The maximum Gasteiger partial charge on any atom is 0.0781 e. The lowest BCUT2D eigenvalue weighted by Gasteiger charge is -2.16. The summed E-state index contributed by atoms with van der Waals surface area (Å²) in [5.74, 6) is 0. The molecule has 5 heteroatoms. The van der Waals surface area contributed by atoms with Crippen molar-refractivity contribution < 1.29 is 24.4 Å². The van der Waals surface area contributed by atoms with Gasteiger partial charge in [-0.2, -0.15) is 0 Å². The van der Waals surface area contributed by atoms with Crippen molar-refractivity contribution in [2.24, 2.45) is 0 Å². The van der Waals surface area contributed by atoms with Gasteiger partial charge in [-0.1, -0.05) is 6.92 Å². The van der Waals surface area contributed by atoms with Crippen LogP contribution in [0.1, 0.15) is 41.0 Å². The lowest BCUT2D eigenvalue weighted by molar-refractivity contribution is -0.0620. The average Bonchev–Trinajstić information content (AvgIpc) is 2.40. The van der Waals surface area contributed by atoms with Crippen molar-refractivity contribution in [2.45, 2.75) is 59.4 Å². The van der Waals surface area contributed by atoms with E-state index in [1.165, 1.54) is 0 Å². The molecule has 3 atom stereocenters. The monoisotopic (exact) mass is 280 g/mol. The highest BCUT2D eigenvalue weighted by atomic mass is 16.5. The molecule has 3 unspecified atom stereocenters. The molecule has 0 amide bonds. The van der Waals surface area contributed by atoms with Crippen LogP contribution in [0.15, 0.2) is 0 Å². The zero-order valence-corrected chi connectivity index (χ0v) is 13.1. The standard InChI is InChI=1S/C9H20O4.C5H12O/c1-7(11)5-12-9(3)6-13-8(2)4-10;1-3-5-6-4-2/h7-11H,4-6H2,1-3H3;3-5H2,1-2H3. The summed E-state index contributed by atoms with van der Waals surface area (Å²) in [5, 5.41) is 17.6. The zero-order valence-electron chi connectivity index (χ0n) is 13.1. The Morgan fingerprint density at radius 1 is 0.947 bits per heavy atom. The minimum atomic E-state index is -0.447. The van der Waals surface area contributed by atoms with E-state index in [-0.39, 0.29) is 18.8 Å². The molecule has 19 heavy (non-hydrogen) atoms. The van der Waals surface area contributed by atoms with Crippen LogP contribution in [-0.4, -0.2) is 61.6 Å². The van der Waals surface area contributed by atoms with Crippen LogP contribution in [0.4, 0.5) is 0 Å². The van der Waals surface area contributed by atoms with Crippen LogP contribution in [0.2, 0.25) is 0 Å². The second-order valence-corrected chi connectivity index (χ2v) is 4.52. The summed E-state index contributed by atoms with van der Waals surface area (Å²) in [7, 11) is 0. The Morgan fingerprint density at radius 2 is 1.53 bits per heavy atom. The molecule has 0 aliphatic heterocycles. The van der Waals surface area contributed by atoms with Crippen LogP contribution in [-0.2, 0) is 14.2 Å². The number of rotatable bonds is 10. The Kier molecular flexibility index (Phi) is 17.6. The Balaban J connectivity index is 0. The van der Waals surface area contributed by atoms with E-state index in [1.807, 2.05) is 13.8 Å². The van der Waals surface area contributed by atoms with Crippen LogP contribution >= 0.6 is 0 Å². The van der Waals surface area contributed by atoms with Crippen LogP contribution in [0.25, 0.3) is 0 Å². The molecule has 0 aliphatic carbocycles. The predicted octanol–water partition coefficient (Wildman–Crippen LogP) is 1.60. The van der Waals surface area contributed by atoms with E-state index in [2.05, 4.69) is 6.92 Å². The first-order valence-electron chi connectivity index (χ1n) is 7.07. The van der Waals surface area contributed by atoms with Gasteiger partial charge in [-0.3, -0.25) is 0 Å². The van der Waals surface area contributed by atoms with Crippen molar-refractivity contribution >= 4 is 0 Å². The van der Waals surface area contributed by atoms with Gasteiger partial charge in [0.25, 0.3) is 0 Å². The molecular formula is C14H32O5. The molecular weight excluding hydrogens is 248 g/mol. The van der Waals surface area contributed by atoms with Gasteiger partial charge in [0.1, 0.15) is 0 Å². The average molecular weight is 280 g/mol. The third-order valence-electron chi connectivity index (χ3n) is 2.05. The van der Waals surface area contributed by atoms with Gasteiger partial charge < -0.3 is 24.4 Å². The topological polar surface area (TPSA) is 68.2 Å². The van der Waals surface area contributed by atoms with E-state index in [1.54, 1.807) is 13.8 Å². The summed E-state index contributed by atoms with van der Waals surface area (Å²) in [6.07, 6.45) is 0.479. The lowest BCUT2D eigenvalue weighted by atomic mass is 10.4.